The smallest absolute Gasteiger partial charge is 0.408 e. The Morgan fingerprint density at radius 2 is 1.47 bits per heavy atom. The van der Waals surface area contributed by atoms with Crippen LogP contribution in [0.15, 0.2) is 51.7 Å². The molecule has 1 N–H and O–H groups in total. The topological polar surface area (TPSA) is 147 Å². The second kappa shape index (κ2) is 13.1. The van der Waals surface area contributed by atoms with E-state index in [0.29, 0.717) is 5.56 Å². The van der Waals surface area contributed by atoms with E-state index in [0.717, 1.165) is 12.1 Å². The fraction of sp³-hybridized carbons (Fsp3) is 0.400. The van der Waals surface area contributed by atoms with Crippen LogP contribution in [0, 0.1) is 0 Å². The molecule has 0 fully saturated rings. The van der Waals surface area contributed by atoms with Crippen molar-refractivity contribution in [1.29, 1.82) is 0 Å². The predicted octanol–water partition coefficient (Wildman–Crippen LogP) is 2.71. The third-order valence-electron chi connectivity index (χ3n) is 5.13. The molecule has 0 aliphatic rings. The number of carbonyl (C=O) groups is 4. The van der Waals surface area contributed by atoms with E-state index in [1.807, 2.05) is 0 Å². The van der Waals surface area contributed by atoms with E-state index in [-0.39, 0.29) is 32.0 Å². The van der Waals surface area contributed by atoms with Crippen LogP contribution in [-0.4, -0.2) is 49.4 Å². The van der Waals surface area contributed by atoms with Crippen LogP contribution in [0.25, 0.3) is 0 Å². The number of esters is 3. The van der Waals surface area contributed by atoms with E-state index in [2.05, 4.69) is 5.32 Å². The maximum Gasteiger partial charge on any atom is 0.408 e. The van der Waals surface area contributed by atoms with Crippen LogP contribution < -0.4 is 10.9 Å². The lowest BCUT2D eigenvalue weighted by Gasteiger charge is -2.34. The van der Waals surface area contributed by atoms with Crippen molar-refractivity contribution in [3.63, 3.8) is 0 Å². The number of ether oxygens (including phenoxy) is 4. The average Bonchev–Trinajstić information content (AvgIpc) is 2.86. The number of alkyl carbamates (subject to hydrolysis) is 1. The Hall–Kier alpha value is -4.15. The number of benzene rings is 1. The number of hydrogen-bond donors (Lipinski definition) is 1. The maximum atomic E-state index is 13.2. The van der Waals surface area contributed by atoms with Gasteiger partial charge in [-0.1, -0.05) is 37.3 Å². The van der Waals surface area contributed by atoms with Crippen molar-refractivity contribution in [2.75, 3.05) is 19.8 Å². The molecule has 1 aromatic heterocycles. The molecule has 0 saturated carbocycles. The molecule has 1 aromatic carbocycles. The number of rotatable bonds is 11. The van der Waals surface area contributed by atoms with Crippen molar-refractivity contribution >= 4 is 24.0 Å². The molecule has 0 aliphatic carbocycles. The van der Waals surface area contributed by atoms with Crippen LogP contribution in [0.4, 0.5) is 4.79 Å². The summed E-state index contributed by atoms with van der Waals surface area (Å²) >= 11 is 0. The number of hydrogen-bond acceptors (Lipinski definition) is 10. The first-order valence-electron chi connectivity index (χ1n) is 11.3. The Morgan fingerprint density at radius 3 is 2.03 bits per heavy atom. The standard InChI is InChI=1S/C25H29NO10/c1-5-32-21(28)19-13-18(14-20(27)36-19)16(4)25(22(29)33-6-2,23(30)34-7-3)26-24(31)35-15-17-11-9-8-10-12-17/h8-14,16H,5-7,15H2,1-4H3,(H,26,31). The van der Waals surface area contributed by atoms with Crippen LogP contribution >= 0.6 is 0 Å². The highest BCUT2D eigenvalue weighted by atomic mass is 16.6. The minimum Gasteiger partial charge on any atom is -0.464 e. The SMILES string of the molecule is CCOC(=O)c1cc(C(C)C(NC(=O)OCc2ccccc2)(C(=O)OCC)C(=O)OCC)cc(=O)o1. The summed E-state index contributed by atoms with van der Waals surface area (Å²) < 4.78 is 25.2. The molecule has 0 bridgehead atoms. The fourth-order valence-electron chi connectivity index (χ4n) is 3.36. The quantitative estimate of drug-likeness (QED) is 0.276. The van der Waals surface area contributed by atoms with Gasteiger partial charge in [0.2, 0.25) is 11.3 Å². The van der Waals surface area contributed by atoms with Crippen molar-refractivity contribution in [3.05, 3.63) is 69.8 Å². The van der Waals surface area contributed by atoms with Gasteiger partial charge in [0.15, 0.2) is 0 Å². The number of nitrogens with one attached hydrogen (secondary N) is 1. The van der Waals surface area contributed by atoms with Gasteiger partial charge in [-0.05, 0) is 38.0 Å². The molecule has 0 radical (unpaired) electrons. The third kappa shape index (κ3) is 6.71. The van der Waals surface area contributed by atoms with Gasteiger partial charge in [0, 0.05) is 12.0 Å². The fourth-order valence-corrected chi connectivity index (χ4v) is 3.36. The van der Waals surface area contributed by atoms with Gasteiger partial charge in [0.1, 0.15) is 6.61 Å². The molecule has 11 heteroatoms. The Labute approximate surface area is 207 Å². The minimum absolute atomic E-state index is 0.0127. The van der Waals surface area contributed by atoms with Gasteiger partial charge in [-0.25, -0.2) is 24.0 Å². The zero-order chi connectivity index (χ0) is 26.7. The molecular weight excluding hydrogens is 474 g/mol. The van der Waals surface area contributed by atoms with Crippen LogP contribution in [0.1, 0.15) is 55.3 Å². The summed E-state index contributed by atoms with van der Waals surface area (Å²) in [4.78, 5) is 63.6. The van der Waals surface area contributed by atoms with Gasteiger partial charge in [-0.15, -0.1) is 0 Å². The molecule has 0 aliphatic heterocycles. The van der Waals surface area contributed by atoms with Crippen molar-refractivity contribution in [2.45, 2.75) is 45.8 Å². The first kappa shape index (κ1) is 28.1. The van der Waals surface area contributed by atoms with Gasteiger partial charge in [-0.2, -0.15) is 0 Å². The van der Waals surface area contributed by atoms with Crippen molar-refractivity contribution < 1.29 is 42.5 Å². The average molecular weight is 504 g/mol. The highest BCUT2D eigenvalue weighted by Crippen LogP contribution is 2.32. The summed E-state index contributed by atoms with van der Waals surface area (Å²) in [6, 6.07) is 10.9. The lowest BCUT2D eigenvalue weighted by atomic mass is 9.80. The summed E-state index contributed by atoms with van der Waals surface area (Å²) in [7, 11) is 0. The molecule has 1 atom stereocenters. The largest absolute Gasteiger partial charge is 0.464 e. The van der Waals surface area contributed by atoms with Gasteiger partial charge >= 0.3 is 29.6 Å². The second-order valence-corrected chi connectivity index (χ2v) is 7.45. The van der Waals surface area contributed by atoms with Crippen molar-refractivity contribution in [1.82, 2.24) is 5.32 Å². The Morgan fingerprint density at radius 1 is 0.889 bits per heavy atom. The normalized spacial score (nSPS) is 11.7. The second-order valence-electron chi connectivity index (χ2n) is 7.45. The molecular formula is C25H29NO10. The van der Waals surface area contributed by atoms with Crippen LogP contribution in [-0.2, 0) is 35.1 Å². The maximum absolute atomic E-state index is 13.2. The third-order valence-corrected chi connectivity index (χ3v) is 5.13. The summed E-state index contributed by atoms with van der Waals surface area (Å²) in [5, 5.41) is 2.30. The van der Waals surface area contributed by atoms with Crippen LogP contribution in [0.5, 0.6) is 0 Å². The minimum atomic E-state index is -2.46. The first-order valence-corrected chi connectivity index (χ1v) is 11.3. The van der Waals surface area contributed by atoms with Gasteiger partial charge in [0.05, 0.1) is 19.8 Å². The summed E-state index contributed by atoms with van der Waals surface area (Å²) in [5.74, 6) is -4.91. The highest BCUT2D eigenvalue weighted by molar-refractivity contribution is 6.08. The predicted molar refractivity (Wildman–Crippen MR) is 125 cm³/mol. The van der Waals surface area contributed by atoms with Crippen LogP contribution in [0.3, 0.4) is 0 Å². The monoisotopic (exact) mass is 503 g/mol. The molecule has 36 heavy (non-hydrogen) atoms. The van der Waals surface area contributed by atoms with E-state index in [4.69, 9.17) is 23.4 Å². The molecule has 0 saturated heterocycles. The number of amides is 1. The molecule has 1 heterocycles. The van der Waals surface area contributed by atoms with Gasteiger partial charge in [-0.3, -0.25) is 5.32 Å². The Balaban J connectivity index is 2.54. The number of carbonyl (C=O) groups excluding carboxylic acids is 4. The first-order chi connectivity index (χ1) is 17.2. The van der Waals surface area contributed by atoms with E-state index in [9.17, 15) is 24.0 Å². The van der Waals surface area contributed by atoms with Crippen LogP contribution in [0.2, 0.25) is 0 Å². The summed E-state index contributed by atoms with van der Waals surface area (Å²) in [6.07, 6.45) is -1.11. The highest BCUT2D eigenvalue weighted by Gasteiger charge is 2.56. The van der Waals surface area contributed by atoms with E-state index in [1.54, 1.807) is 37.3 Å². The lowest BCUT2D eigenvalue weighted by Crippen LogP contribution is -2.64. The molecule has 2 aromatic rings. The lowest BCUT2D eigenvalue weighted by molar-refractivity contribution is -0.167. The molecule has 194 valence electrons. The van der Waals surface area contributed by atoms with E-state index < -0.39 is 46.8 Å². The molecule has 0 spiro atoms. The molecule has 2 rings (SSSR count). The zero-order valence-corrected chi connectivity index (χ0v) is 20.5. The van der Waals surface area contributed by atoms with E-state index >= 15 is 0 Å². The van der Waals surface area contributed by atoms with E-state index in [1.165, 1.54) is 20.8 Å². The Bertz CT molecular complexity index is 1110. The molecule has 1 unspecified atom stereocenters. The molecule has 11 nitrogen and oxygen atoms in total. The summed E-state index contributed by atoms with van der Waals surface area (Å²) in [5.41, 5.74) is -2.72. The van der Waals surface area contributed by atoms with Crippen molar-refractivity contribution in [3.8, 4) is 0 Å². The summed E-state index contributed by atoms with van der Waals surface area (Å²) in [6.45, 7) is 5.60. The zero-order valence-electron chi connectivity index (χ0n) is 20.5. The van der Waals surface area contributed by atoms with Crippen molar-refractivity contribution in [2.24, 2.45) is 0 Å². The van der Waals surface area contributed by atoms with Gasteiger partial charge in [0.25, 0.3) is 0 Å². The van der Waals surface area contributed by atoms with Gasteiger partial charge < -0.3 is 23.4 Å². The Kier molecular flexibility index (Phi) is 10.2. The molecule has 1 amide bonds.